The van der Waals surface area contributed by atoms with Crippen LogP contribution in [0.2, 0.25) is 0 Å². The molecule has 0 spiro atoms. The summed E-state index contributed by atoms with van der Waals surface area (Å²) in [5.74, 6) is -0.113. The fourth-order valence-electron chi connectivity index (χ4n) is 3.30. The Morgan fingerprint density at radius 1 is 1.17 bits per heavy atom. The molecule has 1 heterocycles. The van der Waals surface area contributed by atoms with E-state index in [9.17, 15) is 9.59 Å². The van der Waals surface area contributed by atoms with Gasteiger partial charge in [0.2, 0.25) is 0 Å². The predicted molar refractivity (Wildman–Crippen MR) is 117 cm³/mol. The quantitative estimate of drug-likeness (QED) is 0.727. The molecular weight excluding hydrogens is 382 g/mol. The summed E-state index contributed by atoms with van der Waals surface area (Å²) in [7, 11) is 1.80. The third kappa shape index (κ3) is 5.60. The molecule has 0 atom stereocenters. The maximum atomic E-state index is 12.7. The van der Waals surface area contributed by atoms with Crippen molar-refractivity contribution in [1.82, 2.24) is 15.2 Å². The van der Waals surface area contributed by atoms with Gasteiger partial charge in [-0.05, 0) is 56.5 Å². The van der Waals surface area contributed by atoms with Crippen molar-refractivity contribution < 1.29 is 9.59 Å². The molecule has 1 aliphatic rings. The van der Waals surface area contributed by atoms with Gasteiger partial charge in [-0.15, -0.1) is 11.8 Å². The van der Waals surface area contributed by atoms with Gasteiger partial charge in [0.15, 0.2) is 0 Å². The van der Waals surface area contributed by atoms with Crippen LogP contribution in [0.15, 0.2) is 47.6 Å². The van der Waals surface area contributed by atoms with Crippen LogP contribution in [0.1, 0.15) is 65.8 Å². The molecule has 0 saturated heterocycles. The maximum Gasteiger partial charge on any atom is 0.254 e. The van der Waals surface area contributed by atoms with E-state index >= 15 is 0 Å². The SMILES string of the molecule is CC(C)N(C)C(=O)c1ccc(CNC(=O)c2cccnc2SC2CCCC2)cc1. The number of hydrogen-bond donors (Lipinski definition) is 1. The molecule has 1 aromatic heterocycles. The summed E-state index contributed by atoms with van der Waals surface area (Å²) in [6.07, 6.45) is 6.66. The molecule has 154 valence electrons. The second kappa shape index (κ2) is 9.92. The number of hydrogen-bond acceptors (Lipinski definition) is 4. The normalized spacial score (nSPS) is 14.2. The van der Waals surface area contributed by atoms with Gasteiger partial charge in [0.05, 0.1) is 5.56 Å². The van der Waals surface area contributed by atoms with Crippen molar-refractivity contribution in [3.63, 3.8) is 0 Å². The smallest absolute Gasteiger partial charge is 0.254 e. The van der Waals surface area contributed by atoms with Crippen LogP contribution in [0.25, 0.3) is 0 Å². The molecule has 6 heteroatoms. The Morgan fingerprint density at radius 3 is 2.52 bits per heavy atom. The van der Waals surface area contributed by atoms with Crippen LogP contribution >= 0.6 is 11.8 Å². The number of benzene rings is 1. The first-order chi connectivity index (χ1) is 14.0. The second-order valence-electron chi connectivity index (χ2n) is 7.77. The van der Waals surface area contributed by atoms with Crippen molar-refractivity contribution in [1.29, 1.82) is 0 Å². The van der Waals surface area contributed by atoms with Crippen molar-refractivity contribution in [3.8, 4) is 0 Å². The molecule has 5 nitrogen and oxygen atoms in total. The lowest BCUT2D eigenvalue weighted by atomic mass is 10.1. The molecule has 0 bridgehead atoms. The number of nitrogens with zero attached hydrogens (tertiary/aromatic N) is 2. The highest BCUT2D eigenvalue weighted by atomic mass is 32.2. The van der Waals surface area contributed by atoms with E-state index in [0.717, 1.165) is 10.6 Å². The maximum absolute atomic E-state index is 12.7. The van der Waals surface area contributed by atoms with E-state index in [2.05, 4.69) is 10.3 Å². The van der Waals surface area contributed by atoms with Gasteiger partial charge in [0, 0.05) is 36.6 Å². The van der Waals surface area contributed by atoms with Gasteiger partial charge in [0.25, 0.3) is 11.8 Å². The Kier molecular flexibility index (Phi) is 7.31. The van der Waals surface area contributed by atoms with Gasteiger partial charge in [0.1, 0.15) is 5.03 Å². The second-order valence-corrected chi connectivity index (χ2v) is 9.06. The van der Waals surface area contributed by atoms with Crippen LogP contribution in [0, 0.1) is 0 Å². The molecule has 1 N–H and O–H groups in total. The summed E-state index contributed by atoms with van der Waals surface area (Å²) in [4.78, 5) is 31.3. The Morgan fingerprint density at radius 2 is 1.86 bits per heavy atom. The molecule has 29 heavy (non-hydrogen) atoms. The summed E-state index contributed by atoms with van der Waals surface area (Å²) in [5.41, 5.74) is 2.24. The topological polar surface area (TPSA) is 62.3 Å². The summed E-state index contributed by atoms with van der Waals surface area (Å²) in [6, 6.07) is 11.2. The molecule has 2 aromatic rings. The number of carbonyl (C=O) groups excluding carboxylic acids is 2. The molecule has 1 saturated carbocycles. The van der Waals surface area contributed by atoms with Crippen molar-refractivity contribution in [2.24, 2.45) is 0 Å². The molecule has 1 fully saturated rings. The highest BCUT2D eigenvalue weighted by Gasteiger charge is 2.20. The standard InChI is InChI=1S/C23H29N3O2S/c1-16(2)26(3)23(28)18-12-10-17(11-13-18)15-25-21(27)20-9-6-14-24-22(20)29-19-7-4-5-8-19/h6,9-14,16,19H,4-5,7-8,15H2,1-3H3,(H,25,27). The molecule has 3 rings (SSSR count). The van der Waals surface area contributed by atoms with Gasteiger partial charge in [-0.25, -0.2) is 4.98 Å². The number of nitrogens with one attached hydrogen (secondary N) is 1. The molecule has 0 aliphatic heterocycles. The third-order valence-electron chi connectivity index (χ3n) is 5.35. The van der Waals surface area contributed by atoms with Crippen LogP contribution in [-0.4, -0.2) is 40.0 Å². The van der Waals surface area contributed by atoms with Gasteiger partial charge in [-0.2, -0.15) is 0 Å². The minimum atomic E-state index is -0.113. The lowest BCUT2D eigenvalue weighted by Crippen LogP contribution is -2.32. The third-order valence-corrected chi connectivity index (χ3v) is 6.70. The molecular formula is C23H29N3O2S. The molecule has 0 unspecified atom stereocenters. The summed E-state index contributed by atoms with van der Waals surface area (Å²) < 4.78 is 0. The van der Waals surface area contributed by atoms with E-state index in [-0.39, 0.29) is 17.9 Å². The first kappa shape index (κ1) is 21.4. The Balaban J connectivity index is 1.60. The van der Waals surface area contributed by atoms with Crippen molar-refractivity contribution >= 4 is 23.6 Å². The van der Waals surface area contributed by atoms with E-state index in [1.165, 1.54) is 25.7 Å². The molecule has 0 radical (unpaired) electrons. The average Bonchev–Trinajstić information content (AvgIpc) is 3.24. The molecule has 1 aliphatic carbocycles. The van der Waals surface area contributed by atoms with Crippen LogP contribution in [-0.2, 0) is 6.54 Å². The van der Waals surface area contributed by atoms with E-state index in [1.54, 1.807) is 36.0 Å². The minimum absolute atomic E-state index is 0.000440. The van der Waals surface area contributed by atoms with Gasteiger partial charge in [-0.1, -0.05) is 25.0 Å². The van der Waals surface area contributed by atoms with Crippen LogP contribution in [0.4, 0.5) is 0 Å². The lowest BCUT2D eigenvalue weighted by Gasteiger charge is -2.21. The fourth-order valence-corrected chi connectivity index (χ4v) is 4.60. The Hall–Kier alpha value is -2.34. The lowest BCUT2D eigenvalue weighted by molar-refractivity contribution is 0.0754. The van der Waals surface area contributed by atoms with E-state index < -0.39 is 0 Å². The first-order valence-electron chi connectivity index (χ1n) is 10.2. The van der Waals surface area contributed by atoms with Crippen LogP contribution in [0.3, 0.4) is 0 Å². The average molecular weight is 412 g/mol. The highest BCUT2D eigenvalue weighted by Crippen LogP contribution is 2.35. The zero-order chi connectivity index (χ0) is 20.8. The zero-order valence-corrected chi connectivity index (χ0v) is 18.2. The molecule has 2 amide bonds. The van der Waals surface area contributed by atoms with E-state index in [0.29, 0.717) is 22.9 Å². The van der Waals surface area contributed by atoms with Crippen LogP contribution in [0.5, 0.6) is 0 Å². The van der Waals surface area contributed by atoms with Crippen LogP contribution < -0.4 is 5.32 Å². The predicted octanol–water partition coefficient (Wildman–Crippen LogP) is 4.53. The number of pyridine rings is 1. The monoisotopic (exact) mass is 411 g/mol. The summed E-state index contributed by atoms with van der Waals surface area (Å²) in [5, 5.41) is 4.36. The number of rotatable bonds is 7. The zero-order valence-electron chi connectivity index (χ0n) is 17.4. The van der Waals surface area contributed by atoms with Crippen molar-refractivity contribution in [2.75, 3.05) is 7.05 Å². The fraction of sp³-hybridized carbons (Fsp3) is 0.435. The van der Waals surface area contributed by atoms with Crippen molar-refractivity contribution in [2.45, 2.75) is 62.4 Å². The van der Waals surface area contributed by atoms with Gasteiger partial charge < -0.3 is 10.2 Å². The Labute approximate surface area is 177 Å². The van der Waals surface area contributed by atoms with E-state index in [1.807, 2.05) is 44.2 Å². The first-order valence-corrected chi connectivity index (χ1v) is 11.1. The molecule has 1 aromatic carbocycles. The van der Waals surface area contributed by atoms with E-state index in [4.69, 9.17) is 0 Å². The number of amides is 2. The van der Waals surface area contributed by atoms with Gasteiger partial charge in [-0.3, -0.25) is 9.59 Å². The summed E-state index contributed by atoms with van der Waals surface area (Å²) in [6.45, 7) is 4.38. The number of carbonyl (C=O) groups is 2. The Bertz CT molecular complexity index is 845. The van der Waals surface area contributed by atoms with Crippen molar-refractivity contribution in [3.05, 3.63) is 59.3 Å². The largest absolute Gasteiger partial charge is 0.348 e. The minimum Gasteiger partial charge on any atom is -0.348 e. The number of aromatic nitrogens is 1. The number of thioether (sulfide) groups is 1. The van der Waals surface area contributed by atoms with Gasteiger partial charge >= 0.3 is 0 Å². The highest BCUT2D eigenvalue weighted by molar-refractivity contribution is 7.99. The summed E-state index contributed by atoms with van der Waals surface area (Å²) >= 11 is 1.72.